The fourth-order valence-electron chi connectivity index (χ4n) is 1.51. The number of thiazole rings is 1. The number of rotatable bonds is 6. The Balaban J connectivity index is 1.68. The molecule has 0 radical (unpaired) electrons. The lowest BCUT2D eigenvalue weighted by Crippen LogP contribution is -2.30. The quantitative estimate of drug-likeness (QED) is 0.878. The molecule has 0 unspecified atom stereocenters. The van der Waals surface area contributed by atoms with Crippen LogP contribution in [-0.4, -0.2) is 24.0 Å². The summed E-state index contributed by atoms with van der Waals surface area (Å²) in [5.74, 6) is 0.394. The van der Waals surface area contributed by atoms with Crippen molar-refractivity contribution in [2.75, 3.05) is 13.2 Å². The standard InChI is InChI=1S/C14H13N3O2S/c15-9-11-1-3-12(4-2-11)19-10-13(18)16-6-5-14-17-7-8-20-14/h1-4,7-8H,5-6,10H2,(H,16,18). The maximum absolute atomic E-state index is 11.6. The van der Waals surface area contributed by atoms with E-state index in [9.17, 15) is 4.79 Å². The van der Waals surface area contributed by atoms with Crippen LogP contribution in [0.4, 0.5) is 0 Å². The molecule has 1 N–H and O–H groups in total. The van der Waals surface area contributed by atoms with Gasteiger partial charge in [-0.2, -0.15) is 5.26 Å². The molecule has 0 aliphatic rings. The highest BCUT2D eigenvalue weighted by Gasteiger charge is 2.03. The summed E-state index contributed by atoms with van der Waals surface area (Å²) < 4.78 is 5.32. The second kappa shape index (κ2) is 7.26. The van der Waals surface area contributed by atoms with Crippen LogP contribution in [0.5, 0.6) is 5.75 Å². The van der Waals surface area contributed by atoms with Crippen molar-refractivity contribution >= 4 is 17.2 Å². The number of hydrogen-bond acceptors (Lipinski definition) is 5. The number of amides is 1. The van der Waals surface area contributed by atoms with Crippen molar-refractivity contribution in [1.29, 1.82) is 5.26 Å². The molecule has 102 valence electrons. The summed E-state index contributed by atoms with van der Waals surface area (Å²) in [6.07, 6.45) is 2.47. The average Bonchev–Trinajstić information content (AvgIpc) is 2.99. The van der Waals surface area contributed by atoms with E-state index in [4.69, 9.17) is 10.00 Å². The van der Waals surface area contributed by atoms with Gasteiger partial charge in [0.2, 0.25) is 0 Å². The van der Waals surface area contributed by atoms with Gasteiger partial charge in [-0.05, 0) is 24.3 Å². The highest BCUT2D eigenvalue weighted by molar-refractivity contribution is 7.09. The number of nitrogens with zero attached hydrogens (tertiary/aromatic N) is 2. The molecule has 0 atom stereocenters. The molecule has 6 heteroatoms. The van der Waals surface area contributed by atoms with Gasteiger partial charge in [0.1, 0.15) is 5.75 Å². The van der Waals surface area contributed by atoms with E-state index in [1.807, 2.05) is 11.4 Å². The molecule has 0 saturated carbocycles. The molecule has 0 aliphatic heterocycles. The molecule has 0 bridgehead atoms. The average molecular weight is 287 g/mol. The first kappa shape index (κ1) is 14.0. The van der Waals surface area contributed by atoms with Crippen molar-refractivity contribution in [1.82, 2.24) is 10.3 Å². The van der Waals surface area contributed by atoms with Crippen LogP contribution in [0.2, 0.25) is 0 Å². The van der Waals surface area contributed by atoms with E-state index in [2.05, 4.69) is 10.3 Å². The van der Waals surface area contributed by atoms with Crippen LogP contribution in [-0.2, 0) is 11.2 Å². The van der Waals surface area contributed by atoms with Gasteiger partial charge in [-0.3, -0.25) is 4.79 Å². The van der Waals surface area contributed by atoms with Crippen molar-refractivity contribution < 1.29 is 9.53 Å². The molecule has 0 saturated heterocycles. The number of nitrogens with one attached hydrogen (secondary N) is 1. The van der Waals surface area contributed by atoms with Crippen LogP contribution in [0.3, 0.4) is 0 Å². The molecule has 5 nitrogen and oxygen atoms in total. The third-order valence-corrected chi connectivity index (χ3v) is 3.34. The summed E-state index contributed by atoms with van der Waals surface area (Å²) in [7, 11) is 0. The maximum atomic E-state index is 11.6. The second-order valence-corrected chi connectivity index (χ2v) is 4.93. The number of nitriles is 1. The van der Waals surface area contributed by atoms with E-state index in [-0.39, 0.29) is 12.5 Å². The van der Waals surface area contributed by atoms with Crippen LogP contribution in [0.15, 0.2) is 35.8 Å². The molecule has 1 aromatic carbocycles. The Morgan fingerprint density at radius 1 is 1.40 bits per heavy atom. The third-order valence-electron chi connectivity index (χ3n) is 2.50. The number of ether oxygens (including phenoxy) is 1. The van der Waals surface area contributed by atoms with E-state index >= 15 is 0 Å². The number of carbonyl (C=O) groups excluding carboxylic acids is 1. The van der Waals surface area contributed by atoms with Gasteiger partial charge in [-0.15, -0.1) is 11.3 Å². The predicted molar refractivity (Wildman–Crippen MR) is 75.5 cm³/mol. The van der Waals surface area contributed by atoms with Gasteiger partial charge in [0.05, 0.1) is 16.6 Å². The molecule has 1 aromatic heterocycles. The molecular formula is C14H13N3O2S. The predicted octanol–water partition coefficient (Wildman–Crippen LogP) is 1.75. The van der Waals surface area contributed by atoms with E-state index < -0.39 is 0 Å². The Kier molecular flexibility index (Phi) is 5.09. The Morgan fingerprint density at radius 3 is 2.85 bits per heavy atom. The zero-order valence-corrected chi connectivity index (χ0v) is 11.5. The summed E-state index contributed by atoms with van der Waals surface area (Å²) in [5.41, 5.74) is 0.560. The molecule has 1 amide bonds. The minimum atomic E-state index is -0.175. The van der Waals surface area contributed by atoms with Crippen LogP contribution in [0.25, 0.3) is 0 Å². The Labute approximate surface area is 120 Å². The lowest BCUT2D eigenvalue weighted by atomic mass is 10.2. The minimum Gasteiger partial charge on any atom is -0.484 e. The highest BCUT2D eigenvalue weighted by Crippen LogP contribution is 2.11. The zero-order chi connectivity index (χ0) is 14.2. The molecule has 0 fully saturated rings. The summed E-state index contributed by atoms with van der Waals surface area (Å²) >= 11 is 1.57. The third kappa shape index (κ3) is 4.37. The van der Waals surface area contributed by atoms with E-state index in [1.165, 1.54) is 0 Å². The molecule has 20 heavy (non-hydrogen) atoms. The molecule has 1 heterocycles. The number of carbonyl (C=O) groups is 1. The van der Waals surface area contributed by atoms with Crippen LogP contribution >= 0.6 is 11.3 Å². The van der Waals surface area contributed by atoms with Gasteiger partial charge in [0, 0.05) is 24.5 Å². The highest BCUT2D eigenvalue weighted by atomic mass is 32.1. The summed E-state index contributed by atoms with van der Waals surface area (Å²) in [6.45, 7) is 0.507. The van der Waals surface area contributed by atoms with Crippen LogP contribution in [0.1, 0.15) is 10.6 Å². The Bertz CT molecular complexity index is 588. The van der Waals surface area contributed by atoms with Crippen LogP contribution < -0.4 is 10.1 Å². The zero-order valence-electron chi connectivity index (χ0n) is 10.7. The maximum Gasteiger partial charge on any atom is 0.257 e. The monoisotopic (exact) mass is 287 g/mol. The lowest BCUT2D eigenvalue weighted by molar-refractivity contribution is -0.123. The van der Waals surface area contributed by atoms with Crippen molar-refractivity contribution in [2.24, 2.45) is 0 Å². The Morgan fingerprint density at radius 2 is 2.20 bits per heavy atom. The first-order chi connectivity index (χ1) is 9.78. The lowest BCUT2D eigenvalue weighted by Gasteiger charge is -2.06. The fourth-order valence-corrected chi connectivity index (χ4v) is 2.13. The van der Waals surface area contributed by atoms with Crippen molar-refractivity contribution in [3.05, 3.63) is 46.4 Å². The summed E-state index contributed by atoms with van der Waals surface area (Å²) in [5, 5.41) is 14.3. The van der Waals surface area contributed by atoms with Crippen molar-refractivity contribution in [3.63, 3.8) is 0 Å². The molecule has 0 spiro atoms. The summed E-state index contributed by atoms with van der Waals surface area (Å²) in [4.78, 5) is 15.7. The normalized spacial score (nSPS) is 9.75. The largest absolute Gasteiger partial charge is 0.484 e. The fraction of sp³-hybridized carbons (Fsp3) is 0.214. The Hall–Kier alpha value is -2.39. The van der Waals surface area contributed by atoms with Crippen molar-refractivity contribution in [2.45, 2.75) is 6.42 Å². The topological polar surface area (TPSA) is 75.0 Å². The molecule has 2 aromatic rings. The smallest absolute Gasteiger partial charge is 0.257 e. The number of aromatic nitrogens is 1. The summed E-state index contributed by atoms with van der Waals surface area (Å²) in [6, 6.07) is 8.65. The van der Waals surface area contributed by atoms with Gasteiger partial charge in [-0.25, -0.2) is 4.98 Å². The molecule has 2 rings (SSSR count). The van der Waals surface area contributed by atoms with Crippen LogP contribution in [0, 0.1) is 11.3 Å². The first-order valence-corrected chi connectivity index (χ1v) is 6.94. The van der Waals surface area contributed by atoms with E-state index in [1.54, 1.807) is 41.8 Å². The molecule has 0 aliphatic carbocycles. The molecular weight excluding hydrogens is 274 g/mol. The van der Waals surface area contributed by atoms with Gasteiger partial charge in [-0.1, -0.05) is 0 Å². The van der Waals surface area contributed by atoms with E-state index in [0.29, 0.717) is 17.9 Å². The van der Waals surface area contributed by atoms with Gasteiger partial charge in [0.15, 0.2) is 6.61 Å². The SMILES string of the molecule is N#Cc1ccc(OCC(=O)NCCc2nccs2)cc1. The number of benzene rings is 1. The minimum absolute atomic E-state index is 0.0379. The first-order valence-electron chi connectivity index (χ1n) is 6.06. The van der Waals surface area contributed by atoms with Gasteiger partial charge in [0.25, 0.3) is 5.91 Å². The van der Waals surface area contributed by atoms with Gasteiger partial charge >= 0.3 is 0 Å². The van der Waals surface area contributed by atoms with E-state index in [0.717, 1.165) is 11.4 Å². The number of hydrogen-bond donors (Lipinski definition) is 1. The second-order valence-electron chi connectivity index (χ2n) is 3.95. The van der Waals surface area contributed by atoms with Gasteiger partial charge < -0.3 is 10.1 Å². The van der Waals surface area contributed by atoms with Crippen molar-refractivity contribution in [3.8, 4) is 11.8 Å².